The topological polar surface area (TPSA) is 29.1 Å². The van der Waals surface area contributed by atoms with Gasteiger partial charge < -0.3 is 5.32 Å². The van der Waals surface area contributed by atoms with Crippen molar-refractivity contribution in [2.75, 3.05) is 13.1 Å². The molecule has 0 unspecified atom stereocenters. The maximum absolute atomic E-state index is 12.9. The van der Waals surface area contributed by atoms with Crippen molar-refractivity contribution in [3.05, 3.63) is 35.4 Å². The molecule has 0 aliphatic carbocycles. The predicted molar refractivity (Wildman–Crippen MR) is 88.7 cm³/mol. The summed E-state index contributed by atoms with van der Waals surface area (Å²) in [6.07, 6.45) is 4.74. The summed E-state index contributed by atoms with van der Waals surface area (Å²) in [6, 6.07) is 8.60. The van der Waals surface area contributed by atoms with Crippen LogP contribution in [0.1, 0.15) is 63.5 Å². The molecule has 0 spiro atoms. The van der Waals surface area contributed by atoms with E-state index in [0.29, 0.717) is 18.1 Å². The van der Waals surface area contributed by atoms with Crippen molar-refractivity contribution in [3.8, 4) is 0 Å². The van der Waals surface area contributed by atoms with Crippen LogP contribution in [0.25, 0.3) is 0 Å². The number of Topliss-reactive ketones (excluding diaryl/α,β-unsaturated/α-hetero) is 1. The Morgan fingerprint density at radius 2 is 1.81 bits per heavy atom. The Morgan fingerprint density at radius 1 is 1.19 bits per heavy atom. The standard InChI is InChI=1S/C19H29NO/c1-4-9-19(10-12-20-13-11-19)18(21)14-16-5-7-17(8-6-16)15(2)3/h5-8,15,20H,4,9-14H2,1-3H3. The number of carbonyl (C=O) groups excluding carboxylic acids is 1. The smallest absolute Gasteiger partial charge is 0.143 e. The number of hydrogen-bond donors (Lipinski definition) is 1. The average Bonchev–Trinajstić information content (AvgIpc) is 2.49. The molecule has 1 saturated heterocycles. The van der Waals surface area contributed by atoms with Gasteiger partial charge in [0.2, 0.25) is 0 Å². The third-order valence-electron chi connectivity index (χ3n) is 4.89. The van der Waals surface area contributed by atoms with E-state index >= 15 is 0 Å². The number of benzene rings is 1. The molecule has 1 aliphatic rings. The Labute approximate surface area is 129 Å². The van der Waals surface area contributed by atoms with Crippen LogP contribution in [0.5, 0.6) is 0 Å². The lowest BCUT2D eigenvalue weighted by molar-refractivity contribution is -0.130. The minimum absolute atomic E-state index is 0.0727. The first-order valence-electron chi connectivity index (χ1n) is 8.40. The van der Waals surface area contributed by atoms with Gasteiger partial charge in [-0.25, -0.2) is 0 Å². The lowest BCUT2D eigenvalue weighted by Gasteiger charge is -2.36. The quantitative estimate of drug-likeness (QED) is 0.853. The van der Waals surface area contributed by atoms with E-state index < -0.39 is 0 Å². The highest BCUT2D eigenvalue weighted by Gasteiger charge is 2.37. The minimum atomic E-state index is -0.0727. The molecule has 2 heteroatoms. The molecular formula is C19H29NO. The molecular weight excluding hydrogens is 258 g/mol. The summed E-state index contributed by atoms with van der Waals surface area (Å²) in [5, 5.41) is 3.38. The molecule has 1 heterocycles. The lowest BCUT2D eigenvalue weighted by Crippen LogP contribution is -2.42. The van der Waals surface area contributed by atoms with Crippen LogP contribution in [-0.2, 0) is 11.2 Å². The molecule has 1 fully saturated rings. The van der Waals surface area contributed by atoms with Crippen LogP contribution in [0.15, 0.2) is 24.3 Å². The summed E-state index contributed by atoms with van der Waals surface area (Å²) in [7, 11) is 0. The Kier molecular flexibility index (Phi) is 5.58. The molecule has 0 atom stereocenters. The summed E-state index contributed by atoms with van der Waals surface area (Å²) in [5.41, 5.74) is 2.44. The maximum atomic E-state index is 12.9. The highest BCUT2D eigenvalue weighted by atomic mass is 16.1. The molecule has 1 N–H and O–H groups in total. The molecule has 1 aromatic rings. The third kappa shape index (κ3) is 3.94. The van der Waals surface area contributed by atoms with Gasteiger partial charge in [0.05, 0.1) is 0 Å². The van der Waals surface area contributed by atoms with Gasteiger partial charge in [-0.1, -0.05) is 51.5 Å². The molecule has 0 aromatic heterocycles. The van der Waals surface area contributed by atoms with Gasteiger partial charge in [0, 0.05) is 11.8 Å². The van der Waals surface area contributed by atoms with Crippen LogP contribution >= 0.6 is 0 Å². The van der Waals surface area contributed by atoms with E-state index in [2.05, 4.69) is 50.4 Å². The van der Waals surface area contributed by atoms with Crippen LogP contribution < -0.4 is 5.32 Å². The van der Waals surface area contributed by atoms with Gasteiger partial charge in [-0.3, -0.25) is 4.79 Å². The number of carbonyl (C=O) groups is 1. The monoisotopic (exact) mass is 287 g/mol. The first-order chi connectivity index (χ1) is 10.1. The van der Waals surface area contributed by atoms with Crippen LogP contribution in [0.4, 0.5) is 0 Å². The van der Waals surface area contributed by atoms with Crippen LogP contribution in [-0.4, -0.2) is 18.9 Å². The van der Waals surface area contributed by atoms with Gasteiger partial charge >= 0.3 is 0 Å². The zero-order valence-corrected chi connectivity index (χ0v) is 13.7. The van der Waals surface area contributed by atoms with Gasteiger partial charge in [0.1, 0.15) is 5.78 Å². The van der Waals surface area contributed by atoms with E-state index in [1.807, 2.05) is 0 Å². The first kappa shape index (κ1) is 16.2. The molecule has 2 nitrogen and oxygen atoms in total. The first-order valence-corrected chi connectivity index (χ1v) is 8.40. The van der Waals surface area contributed by atoms with Gasteiger partial charge in [0.25, 0.3) is 0 Å². The Balaban J connectivity index is 2.07. The molecule has 0 bridgehead atoms. The SMILES string of the molecule is CCCC1(C(=O)Cc2ccc(C(C)C)cc2)CCNCC1. The van der Waals surface area contributed by atoms with Crippen molar-refractivity contribution < 1.29 is 4.79 Å². The van der Waals surface area contributed by atoms with Gasteiger partial charge in [0.15, 0.2) is 0 Å². The van der Waals surface area contributed by atoms with E-state index in [9.17, 15) is 4.79 Å². The average molecular weight is 287 g/mol. The molecule has 1 aliphatic heterocycles. The van der Waals surface area contributed by atoms with Crippen LogP contribution in [0.3, 0.4) is 0 Å². The second-order valence-corrected chi connectivity index (χ2v) is 6.78. The second-order valence-electron chi connectivity index (χ2n) is 6.78. The number of piperidine rings is 1. The normalized spacial score (nSPS) is 17.9. The second kappa shape index (κ2) is 7.22. The van der Waals surface area contributed by atoms with E-state index in [-0.39, 0.29) is 5.41 Å². The van der Waals surface area contributed by atoms with Crippen molar-refractivity contribution in [3.63, 3.8) is 0 Å². The van der Waals surface area contributed by atoms with Gasteiger partial charge in [-0.15, -0.1) is 0 Å². The molecule has 21 heavy (non-hydrogen) atoms. The molecule has 0 radical (unpaired) electrons. The van der Waals surface area contributed by atoms with E-state index in [1.54, 1.807) is 0 Å². The zero-order chi connectivity index (χ0) is 15.3. The predicted octanol–water partition coefficient (Wildman–Crippen LogP) is 4.09. The Hall–Kier alpha value is -1.15. The van der Waals surface area contributed by atoms with Crippen molar-refractivity contribution in [1.29, 1.82) is 0 Å². The summed E-state index contributed by atoms with van der Waals surface area (Å²) in [6.45, 7) is 8.56. The van der Waals surface area contributed by atoms with E-state index in [0.717, 1.165) is 38.8 Å². The molecule has 2 rings (SSSR count). The fourth-order valence-corrected chi connectivity index (χ4v) is 3.45. The van der Waals surface area contributed by atoms with Crippen molar-refractivity contribution in [1.82, 2.24) is 5.32 Å². The number of ketones is 1. The number of nitrogens with one attached hydrogen (secondary N) is 1. The third-order valence-corrected chi connectivity index (χ3v) is 4.89. The molecule has 1 aromatic carbocycles. The summed E-state index contributed by atoms with van der Waals surface area (Å²) < 4.78 is 0. The van der Waals surface area contributed by atoms with E-state index in [1.165, 1.54) is 11.1 Å². The highest BCUT2D eigenvalue weighted by molar-refractivity contribution is 5.87. The lowest BCUT2D eigenvalue weighted by atomic mass is 9.70. The Bertz CT molecular complexity index is 449. The summed E-state index contributed by atoms with van der Waals surface area (Å²) >= 11 is 0. The fraction of sp³-hybridized carbons (Fsp3) is 0.632. The molecule has 0 amide bonds. The van der Waals surface area contributed by atoms with Gasteiger partial charge in [-0.2, -0.15) is 0 Å². The highest BCUT2D eigenvalue weighted by Crippen LogP contribution is 2.36. The molecule has 0 saturated carbocycles. The van der Waals surface area contributed by atoms with Crippen molar-refractivity contribution in [2.45, 2.75) is 58.8 Å². The largest absolute Gasteiger partial charge is 0.317 e. The van der Waals surface area contributed by atoms with Gasteiger partial charge in [-0.05, 0) is 49.4 Å². The van der Waals surface area contributed by atoms with Crippen LogP contribution in [0, 0.1) is 5.41 Å². The number of hydrogen-bond acceptors (Lipinski definition) is 2. The summed E-state index contributed by atoms with van der Waals surface area (Å²) in [4.78, 5) is 12.9. The fourth-order valence-electron chi connectivity index (χ4n) is 3.45. The minimum Gasteiger partial charge on any atom is -0.317 e. The molecule has 116 valence electrons. The van der Waals surface area contributed by atoms with E-state index in [4.69, 9.17) is 0 Å². The van der Waals surface area contributed by atoms with Crippen LogP contribution in [0.2, 0.25) is 0 Å². The Morgan fingerprint density at radius 3 is 2.33 bits per heavy atom. The summed E-state index contributed by atoms with van der Waals surface area (Å²) in [5.74, 6) is 0.994. The van der Waals surface area contributed by atoms with Crippen molar-refractivity contribution in [2.24, 2.45) is 5.41 Å². The number of rotatable bonds is 6. The zero-order valence-electron chi connectivity index (χ0n) is 13.7. The van der Waals surface area contributed by atoms with Crippen molar-refractivity contribution >= 4 is 5.78 Å². The maximum Gasteiger partial charge on any atom is 0.143 e.